The van der Waals surface area contributed by atoms with Crippen LogP contribution in [-0.2, 0) is 4.79 Å². The van der Waals surface area contributed by atoms with Crippen LogP contribution in [0.15, 0.2) is 24.3 Å². The molecule has 0 aliphatic rings. The molecule has 3 nitrogen and oxygen atoms in total. The molecule has 18 heavy (non-hydrogen) atoms. The number of hydrogen-bond donors (Lipinski definition) is 1. The van der Waals surface area contributed by atoms with Crippen molar-refractivity contribution in [1.82, 2.24) is 0 Å². The van der Waals surface area contributed by atoms with Gasteiger partial charge in [0.2, 0.25) is 0 Å². The zero-order valence-corrected chi connectivity index (χ0v) is 11.7. The second-order valence-electron chi connectivity index (χ2n) is 5.56. The van der Waals surface area contributed by atoms with E-state index in [2.05, 4.69) is 0 Å². The van der Waals surface area contributed by atoms with Crippen LogP contribution in [0.25, 0.3) is 0 Å². The van der Waals surface area contributed by atoms with Crippen molar-refractivity contribution in [1.29, 1.82) is 0 Å². The van der Waals surface area contributed by atoms with Crippen LogP contribution in [0.4, 0.5) is 0 Å². The number of benzene rings is 1. The van der Waals surface area contributed by atoms with Crippen molar-refractivity contribution >= 4 is 17.6 Å². The summed E-state index contributed by atoms with van der Waals surface area (Å²) in [6, 6.07) is 6.91. The molecule has 1 rings (SSSR count). The summed E-state index contributed by atoms with van der Waals surface area (Å²) in [4.78, 5) is 11.2. The molecule has 0 aliphatic heterocycles. The van der Waals surface area contributed by atoms with Gasteiger partial charge in [0.1, 0.15) is 12.4 Å². The van der Waals surface area contributed by atoms with Gasteiger partial charge in [-0.25, -0.2) is 0 Å². The van der Waals surface area contributed by atoms with Gasteiger partial charge >= 0.3 is 5.97 Å². The lowest BCUT2D eigenvalue weighted by Crippen LogP contribution is -2.26. The molecular formula is C14H19ClO3. The predicted octanol–water partition coefficient (Wildman–Crippen LogP) is 3.86. The van der Waals surface area contributed by atoms with E-state index in [-0.39, 0.29) is 12.0 Å². The highest BCUT2D eigenvalue weighted by molar-refractivity contribution is 6.30. The largest absolute Gasteiger partial charge is 0.493 e. The van der Waals surface area contributed by atoms with Crippen LogP contribution < -0.4 is 4.74 Å². The van der Waals surface area contributed by atoms with Gasteiger partial charge < -0.3 is 9.84 Å². The van der Waals surface area contributed by atoms with Crippen LogP contribution in [0.3, 0.4) is 0 Å². The first kappa shape index (κ1) is 14.8. The second kappa shape index (κ2) is 6.10. The lowest BCUT2D eigenvalue weighted by Gasteiger charge is -2.23. The normalized spacial score (nSPS) is 13.1. The molecule has 0 saturated heterocycles. The Morgan fingerprint density at radius 3 is 2.33 bits per heavy atom. The van der Waals surface area contributed by atoms with Gasteiger partial charge in [-0.05, 0) is 36.1 Å². The Bertz CT molecular complexity index is 392. The average molecular weight is 271 g/mol. The fourth-order valence-electron chi connectivity index (χ4n) is 1.68. The van der Waals surface area contributed by atoms with E-state index in [0.717, 1.165) is 0 Å². The summed E-state index contributed by atoms with van der Waals surface area (Å²) in [7, 11) is 0. The fraction of sp³-hybridized carbons (Fsp3) is 0.500. The van der Waals surface area contributed by atoms with Crippen LogP contribution in [0, 0.1) is 11.3 Å². The first-order chi connectivity index (χ1) is 8.28. The highest BCUT2D eigenvalue weighted by Gasteiger charge is 2.25. The first-order valence-electron chi connectivity index (χ1n) is 5.89. The van der Waals surface area contributed by atoms with E-state index in [9.17, 15) is 4.79 Å². The molecule has 1 N–H and O–H groups in total. The van der Waals surface area contributed by atoms with Crippen LogP contribution in [0.2, 0.25) is 5.02 Å². The summed E-state index contributed by atoms with van der Waals surface area (Å²) < 4.78 is 5.49. The minimum Gasteiger partial charge on any atom is -0.493 e. The molecule has 0 aliphatic carbocycles. The lowest BCUT2D eigenvalue weighted by molar-refractivity contribution is -0.143. The molecule has 0 radical (unpaired) electrons. The van der Waals surface area contributed by atoms with Gasteiger partial charge in [0.25, 0.3) is 0 Å². The van der Waals surface area contributed by atoms with Crippen LogP contribution in [0.5, 0.6) is 5.75 Å². The van der Waals surface area contributed by atoms with Crippen molar-refractivity contribution in [2.24, 2.45) is 11.3 Å². The summed E-state index contributed by atoms with van der Waals surface area (Å²) in [5.74, 6) is -0.681. The van der Waals surface area contributed by atoms with Crippen LogP contribution >= 0.6 is 11.6 Å². The van der Waals surface area contributed by atoms with E-state index in [1.807, 2.05) is 20.8 Å². The third kappa shape index (κ3) is 5.41. The highest BCUT2D eigenvalue weighted by atomic mass is 35.5. The van der Waals surface area contributed by atoms with Crippen molar-refractivity contribution in [3.63, 3.8) is 0 Å². The van der Waals surface area contributed by atoms with Crippen molar-refractivity contribution in [2.75, 3.05) is 6.61 Å². The highest BCUT2D eigenvalue weighted by Crippen LogP contribution is 2.25. The number of carboxylic acid groups (broad SMARTS) is 1. The molecule has 0 aromatic heterocycles. The van der Waals surface area contributed by atoms with Gasteiger partial charge in [-0.1, -0.05) is 32.4 Å². The monoisotopic (exact) mass is 270 g/mol. The molecule has 4 heteroatoms. The maximum atomic E-state index is 11.2. The maximum Gasteiger partial charge on any atom is 0.309 e. The Morgan fingerprint density at radius 2 is 1.89 bits per heavy atom. The zero-order valence-electron chi connectivity index (χ0n) is 10.9. The van der Waals surface area contributed by atoms with Gasteiger partial charge in [0.05, 0.1) is 5.92 Å². The molecule has 0 bridgehead atoms. The molecule has 0 saturated carbocycles. The molecule has 100 valence electrons. The lowest BCUT2D eigenvalue weighted by atomic mass is 9.85. The van der Waals surface area contributed by atoms with Gasteiger partial charge in [0, 0.05) is 5.02 Å². The molecule has 0 fully saturated rings. The third-order valence-electron chi connectivity index (χ3n) is 2.47. The van der Waals surface area contributed by atoms with Gasteiger partial charge in [-0.15, -0.1) is 0 Å². The number of carboxylic acids is 1. The van der Waals surface area contributed by atoms with Gasteiger partial charge in [-0.2, -0.15) is 0 Å². The second-order valence-corrected chi connectivity index (χ2v) is 6.00. The number of carbonyl (C=O) groups is 1. The zero-order chi connectivity index (χ0) is 13.8. The van der Waals surface area contributed by atoms with E-state index in [1.165, 1.54) is 0 Å². The molecule has 0 heterocycles. The van der Waals surface area contributed by atoms with Crippen molar-refractivity contribution in [2.45, 2.75) is 27.2 Å². The number of rotatable bonds is 5. The number of aliphatic carboxylic acids is 1. The van der Waals surface area contributed by atoms with E-state index in [0.29, 0.717) is 17.2 Å². The van der Waals surface area contributed by atoms with E-state index in [4.69, 9.17) is 21.4 Å². The quantitative estimate of drug-likeness (QED) is 0.884. The number of ether oxygens (including phenoxy) is 1. The molecule has 1 aromatic rings. The van der Waals surface area contributed by atoms with Gasteiger partial charge in [-0.3, -0.25) is 4.79 Å². The minimum absolute atomic E-state index is 0.0353. The molecule has 0 spiro atoms. The summed E-state index contributed by atoms with van der Waals surface area (Å²) in [5, 5.41) is 9.79. The summed E-state index contributed by atoms with van der Waals surface area (Å²) in [6.45, 7) is 6.23. The predicted molar refractivity (Wildman–Crippen MR) is 72.1 cm³/mol. The Kier molecular flexibility index (Phi) is 5.03. The summed E-state index contributed by atoms with van der Waals surface area (Å²) in [6.07, 6.45) is 0.579. The Balaban J connectivity index is 2.57. The number of hydrogen-bond acceptors (Lipinski definition) is 2. The molecule has 1 atom stereocenters. The van der Waals surface area contributed by atoms with Crippen molar-refractivity contribution < 1.29 is 14.6 Å². The minimum atomic E-state index is -0.820. The molecular weight excluding hydrogens is 252 g/mol. The third-order valence-corrected chi connectivity index (χ3v) is 2.72. The topological polar surface area (TPSA) is 46.5 Å². The van der Waals surface area contributed by atoms with E-state index < -0.39 is 11.9 Å². The standard InChI is InChI=1S/C14H19ClO3/c1-14(2,3)8-10(13(16)17)9-18-12-6-4-11(15)5-7-12/h4-7,10H,8-9H2,1-3H3,(H,16,17). The van der Waals surface area contributed by atoms with Crippen LogP contribution in [0.1, 0.15) is 27.2 Å². The van der Waals surface area contributed by atoms with E-state index >= 15 is 0 Å². The SMILES string of the molecule is CC(C)(C)CC(COc1ccc(Cl)cc1)C(=O)O. The maximum absolute atomic E-state index is 11.2. The van der Waals surface area contributed by atoms with Crippen molar-refractivity contribution in [3.8, 4) is 5.75 Å². The van der Waals surface area contributed by atoms with Gasteiger partial charge in [0.15, 0.2) is 0 Å². The first-order valence-corrected chi connectivity index (χ1v) is 6.27. The Labute approximate surface area is 113 Å². The summed E-state index contributed by atoms with van der Waals surface area (Å²) in [5.41, 5.74) is -0.0353. The van der Waals surface area contributed by atoms with Crippen LogP contribution in [-0.4, -0.2) is 17.7 Å². The Morgan fingerprint density at radius 1 is 1.33 bits per heavy atom. The molecule has 1 aromatic carbocycles. The van der Waals surface area contributed by atoms with Crippen molar-refractivity contribution in [3.05, 3.63) is 29.3 Å². The molecule has 0 amide bonds. The number of halogens is 1. The van der Waals surface area contributed by atoms with E-state index in [1.54, 1.807) is 24.3 Å². The Hall–Kier alpha value is -1.22. The fourth-order valence-corrected chi connectivity index (χ4v) is 1.81. The smallest absolute Gasteiger partial charge is 0.309 e. The average Bonchev–Trinajstić information content (AvgIpc) is 2.24. The molecule has 1 unspecified atom stereocenters. The summed E-state index contributed by atoms with van der Waals surface area (Å²) >= 11 is 5.76.